The van der Waals surface area contributed by atoms with Crippen molar-refractivity contribution in [3.63, 3.8) is 0 Å². The number of benzene rings is 3. The third-order valence-corrected chi connectivity index (χ3v) is 5.20. The van der Waals surface area contributed by atoms with Crippen LogP contribution in [0.1, 0.15) is 50.7 Å². The van der Waals surface area contributed by atoms with Gasteiger partial charge in [0.1, 0.15) is 11.5 Å². The minimum Gasteiger partial charge on any atom is -0.492 e. The molecule has 2 heteroatoms. The highest BCUT2D eigenvalue weighted by Crippen LogP contribution is 2.43. The Kier molecular flexibility index (Phi) is 7.96. The summed E-state index contributed by atoms with van der Waals surface area (Å²) < 4.78 is 12.7. The van der Waals surface area contributed by atoms with Gasteiger partial charge in [0, 0.05) is 21.5 Å². The van der Waals surface area contributed by atoms with Gasteiger partial charge < -0.3 is 9.47 Å². The van der Waals surface area contributed by atoms with E-state index in [4.69, 9.17) is 9.47 Å². The lowest BCUT2D eigenvalue weighted by atomic mass is 9.98. The lowest BCUT2D eigenvalue weighted by Gasteiger charge is -2.18. The second-order valence-corrected chi connectivity index (χ2v) is 7.79. The smallest absolute Gasteiger partial charge is 0.135 e. The van der Waals surface area contributed by atoms with Gasteiger partial charge in [0.05, 0.1) is 13.2 Å². The molecule has 0 fully saturated rings. The highest BCUT2D eigenvalue weighted by atomic mass is 16.5. The minimum atomic E-state index is 0.671. The number of allylic oxidation sites excluding steroid dienone is 2. The van der Waals surface area contributed by atoms with Crippen molar-refractivity contribution in [3.8, 4) is 11.5 Å². The van der Waals surface area contributed by atoms with Crippen molar-refractivity contribution in [1.82, 2.24) is 0 Å². The molecular formula is C28H34O2. The van der Waals surface area contributed by atoms with E-state index in [0.29, 0.717) is 13.2 Å². The molecule has 0 unspecified atom stereocenters. The van der Waals surface area contributed by atoms with Gasteiger partial charge in [-0.1, -0.05) is 73.5 Å². The lowest BCUT2D eigenvalue weighted by molar-refractivity contribution is 0.327. The molecule has 3 rings (SSSR count). The molecule has 0 radical (unpaired) electrons. The van der Waals surface area contributed by atoms with Crippen LogP contribution < -0.4 is 9.47 Å². The van der Waals surface area contributed by atoms with Gasteiger partial charge in [0.2, 0.25) is 0 Å². The zero-order valence-corrected chi connectivity index (χ0v) is 18.8. The van der Waals surface area contributed by atoms with Crippen LogP contribution >= 0.6 is 0 Å². The predicted molar refractivity (Wildman–Crippen MR) is 130 cm³/mol. The van der Waals surface area contributed by atoms with E-state index < -0.39 is 0 Å². The van der Waals surface area contributed by atoms with Gasteiger partial charge in [-0.2, -0.15) is 0 Å². The quantitative estimate of drug-likeness (QED) is 0.194. The van der Waals surface area contributed by atoms with Crippen LogP contribution in [-0.4, -0.2) is 13.2 Å². The van der Waals surface area contributed by atoms with Crippen LogP contribution in [0.15, 0.2) is 60.7 Å². The van der Waals surface area contributed by atoms with Crippen LogP contribution in [0.4, 0.5) is 0 Å². The van der Waals surface area contributed by atoms with Gasteiger partial charge in [-0.05, 0) is 51.7 Å². The molecule has 0 aliphatic rings. The van der Waals surface area contributed by atoms with E-state index in [9.17, 15) is 0 Å². The highest BCUT2D eigenvalue weighted by Gasteiger charge is 2.16. The Morgan fingerprint density at radius 2 is 1.03 bits per heavy atom. The van der Waals surface area contributed by atoms with Gasteiger partial charge in [-0.25, -0.2) is 0 Å². The molecule has 0 saturated carbocycles. The Bertz CT molecular complexity index is 981. The van der Waals surface area contributed by atoms with E-state index in [1.807, 2.05) is 0 Å². The summed E-state index contributed by atoms with van der Waals surface area (Å²) in [6, 6.07) is 13.1. The first-order valence-corrected chi connectivity index (χ1v) is 11.2. The lowest BCUT2D eigenvalue weighted by Crippen LogP contribution is -2.02. The zero-order chi connectivity index (χ0) is 21.3. The number of hydrogen-bond acceptors (Lipinski definition) is 2. The molecule has 0 spiro atoms. The minimum absolute atomic E-state index is 0.671. The summed E-state index contributed by atoms with van der Waals surface area (Å²) in [7, 11) is 0. The largest absolute Gasteiger partial charge is 0.492 e. The van der Waals surface area contributed by atoms with E-state index in [1.54, 1.807) is 0 Å². The number of aryl methyl sites for hydroxylation is 2. The monoisotopic (exact) mass is 402 g/mol. The maximum absolute atomic E-state index is 6.38. The molecule has 0 atom stereocenters. The second-order valence-electron chi connectivity index (χ2n) is 7.79. The van der Waals surface area contributed by atoms with E-state index in [1.165, 1.54) is 11.1 Å². The van der Waals surface area contributed by atoms with Crippen molar-refractivity contribution in [3.05, 3.63) is 71.8 Å². The molecule has 158 valence electrons. The van der Waals surface area contributed by atoms with Gasteiger partial charge in [-0.15, -0.1) is 0 Å². The molecule has 0 aliphatic heterocycles. The molecule has 0 amide bonds. The molecule has 3 aromatic carbocycles. The summed E-state index contributed by atoms with van der Waals surface area (Å²) in [5, 5.41) is 4.50. The van der Waals surface area contributed by atoms with Crippen LogP contribution in [0.3, 0.4) is 0 Å². The van der Waals surface area contributed by atoms with E-state index in [2.05, 4.69) is 88.4 Å². The normalized spacial score (nSPS) is 11.9. The fourth-order valence-corrected chi connectivity index (χ4v) is 3.72. The summed E-state index contributed by atoms with van der Waals surface area (Å²) >= 11 is 0. The number of ether oxygens (including phenoxy) is 2. The van der Waals surface area contributed by atoms with E-state index >= 15 is 0 Å². The van der Waals surface area contributed by atoms with Gasteiger partial charge in [0.25, 0.3) is 0 Å². The molecular weight excluding hydrogens is 368 g/mol. The first-order chi connectivity index (χ1) is 14.7. The molecule has 0 heterocycles. The maximum Gasteiger partial charge on any atom is 0.135 e. The Morgan fingerprint density at radius 3 is 1.47 bits per heavy atom. The molecule has 0 aromatic heterocycles. The molecule has 2 nitrogen and oxygen atoms in total. The average Bonchev–Trinajstić information content (AvgIpc) is 2.74. The summed E-state index contributed by atoms with van der Waals surface area (Å²) in [6.07, 6.45) is 12.7. The molecule has 3 aromatic rings. The Hall–Kier alpha value is -2.74. The Labute approximate surface area is 181 Å². The molecule has 0 bridgehead atoms. The second kappa shape index (κ2) is 10.9. The average molecular weight is 403 g/mol. The van der Waals surface area contributed by atoms with Crippen molar-refractivity contribution in [2.24, 2.45) is 0 Å². The van der Waals surface area contributed by atoms with E-state index in [0.717, 1.165) is 58.7 Å². The van der Waals surface area contributed by atoms with Crippen molar-refractivity contribution in [1.29, 1.82) is 0 Å². The number of hydrogen-bond donors (Lipinski definition) is 0. The third-order valence-electron chi connectivity index (χ3n) is 5.20. The van der Waals surface area contributed by atoms with Gasteiger partial charge >= 0.3 is 0 Å². The summed E-state index contributed by atoms with van der Waals surface area (Å²) in [4.78, 5) is 0. The van der Waals surface area contributed by atoms with Crippen LogP contribution in [0.25, 0.3) is 21.5 Å². The van der Waals surface area contributed by atoms with Crippen LogP contribution in [0.2, 0.25) is 0 Å². The first-order valence-electron chi connectivity index (χ1n) is 11.2. The Morgan fingerprint density at radius 1 is 0.600 bits per heavy atom. The topological polar surface area (TPSA) is 18.5 Å². The highest BCUT2D eigenvalue weighted by molar-refractivity contribution is 6.11. The summed E-state index contributed by atoms with van der Waals surface area (Å²) in [6.45, 7) is 9.91. The molecule has 0 saturated heterocycles. The fourth-order valence-electron chi connectivity index (χ4n) is 3.72. The summed E-state index contributed by atoms with van der Waals surface area (Å²) in [5.41, 5.74) is 2.45. The van der Waals surface area contributed by atoms with Crippen LogP contribution in [-0.2, 0) is 0 Å². The molecule has 0 N–H and O–H groups in total. The fraction of sp³-hybridized carbons (Fsp3) is 0.357. The molecule has 0 aliphatic carbocycles. The van der Waals surface area contributed by atoms with Crippen LogP contribution in [0, 0.1) is 13.8 Å². The van der Waals surface area contributed by atoms with Crippen molar-refractivity contribution >= 4 is 21.5 Å². The van der Waals surface area contributed by atoms with E-state index in [-0.39, 0.29) is 0 Å². The van der Waals surface area contributed by atoms with Crippen molar-refractivity contribution < 1.29 is 9.47 Å². The number of fused-ring (bicyclic) bond motifs is 2. The van der Waals surface area contributed by atoms with Gasteiger partial charge in [-0.3, -0.25) is 0 Å². The van der Waals surface area contributed by atoms with Crippen LogP contribution in [0.5, 0.6) is 11.5 Å². The maximum atomic E-state index is 6.38. The Balaban J connectivity index is 2.08. The predicted octanol–water partition coefficient (Wildman–Crippen LogP) is 8.08. The van der Waals surface area contributed by atoms with Crippen molar-refractivity contribution in [2.45, 2.75) is 53.4 Å². The summed E-state index contributed by atoms with van der Waals surface area (Å²) in [5.74, 6) is 1.93. The standard InChI is InChI=1S/C28H34O2/c1-5-7-9-11-17-29-27-23-15-13-21(3)19-25(23)28(30-18-12-10-8-6-2)26-20-22(4)14-16-24(26)27/h7-10,13-16,19-20H,5-6,11-12,17-18H2,1-4H3/b9-7+,10-8+. The van der Waals surface area contributed by atoms with Crippen molar-refractivity contribution in [2.75, 3.05) is 13.2 Å². The third kappa shape index (κ3) is 5.24. The number of rotatable bonds is 10. The molecule has 30 heavy (non-hydrogen) atoms. The zero-order valence-electron chi connectivity index (χ0n) is 18.8. The SMILES string of the molecule is CC/C=C/CCOc1c2ccc(C)cc2c(OCC/C=C/CC)c2cc(C)ccc12. The first kappa shape index (κ1) is 22.0. The van der Waals surface area contributed by atoms with Gasteiger partial charge in [0.15, 0.2) is 0 Å².